The minimum absolute atomic E-state index is 0.331. The monoisotopic (exact) mass is 190 g/mol. The van der Waals surface area contributed by atoms with Gasteiger partial charge in [0.15, 0.2) is 0 Å². The molecule has 0 radical (unpaired) electrons. The number of nitrogens with two attached hydrogens (primary N) is 1. The van der Waals surface area contributed by atoms with Gasteiger partial charge in [-0.2, -0.15) is 0 Å². The molecule has 0 amide bonds. The van der Waals surface area contributed by atoms with E-state index < -0.39 is 10.8 Å². The predicted molar refractivity (Wildman–Crippen MR) is 52.6 cm³/mol. The van der Waals surface area contributed by atoms with Crippen molar-refractivity contribution in [2.45, 2.75) is 25.4 Å². The van der Waals surface area contributed by atoms with Crippen molar-refractivity contribution in [2.75, 3.05) is 25.1 Å². The molecule has 72 valence electrons. The molecule has 1 aliphatic heterocycles. The second-order valence-corrected chi connectivity index (χ2v) is 5.11. The fraction of sp³-hybridized carbons (Fsp3) is 1.00. The third kappa shape index (κ3) is 2.84. The first-order valence-electron chi connectivity index (χ1n) is 4.39. The van der Waals surface area contributed by atoms with E-state index in [1.807, 2.05) is 0 Å². The fourth-order valence-electron chi connectivity index (χ4n) is 1.66. The SMILES string of the molecule is CC(CS(C)=O)N1CCC(N)C1. The van der Waals surface area contributed by atoms with Crippen molar-refractivity contribution >= 4 is 10.8 Å². The van der Waals surface area contributed by atoms with Gasteiger partial charge in [0.05, 0.1) is 0 Å². The highest BCUT2D eigenvalue weighted by Gasteiger charge is 2.23. The van der Waals surface area contributed by atoms with Gasteiger partial charge in [-0.3, -0.25) is 9.11 Å². The van der Waals surface area contributed by atoms with Crippen molar-refractivity contribution in [2.24, 2.45) is 5.73 Å². The average Bonchev–Trinajstić information content (AvgIpc) is 2.34. The first-order valence-corrected chi connectivity index (χ1v) is 6.12. The highest BCUT2D eigenvalue weighted by Crippen LogP contribution is 2.11. The van der Waals surface area contributed by atoms with Crippen LogP contribution in [0, 0.1) is 0 Å². The van der Waals surface area contributed by atoms with Crippen LogP contribution >= 0.6 is 0 Å². The molecule has 0 aromatic rings. The first-order chi connectivity index (χ1) is 5.59. The molecule has 1 fully saturated rings. The summed E-state index contributed by atoms with van der Waals surface area (Å²) < 4.78 is 10.9. The van der Waals surface area contributed by atoms with E-state index in [2.05, 4.69) is 11.8 Å². The lowest BCUT2D eigenvalue weighted by molar-refractivity contribution is 0.275. The third-order valence-electron chi connectivity index (χ3n) is 2.36. The van der Waals surface area contributed by atoms with Crippen LogP contribution in [0.25, 0.3) is 0 Å². The number of hydrogen-bond donors (Lipinski definition) is 1. The lowest BCUT2D eigenvalue weighted by atomic mass is 10.3. The van der Waals surface area contributed by atoms with Crippen LogP contribution in [0.15, 0.2) is 0 Å². The van der Waals surface area contributed by atoms with E-state index in [1.165, 1.54) is 0 Å². The molecule has 1 heterocycles. The number of likely N-dealkylation sites (tertiary alicyclic amines) is 1. The molecule has 3 nitrogen and oxygen atoms in total. The van der Waals surface area contributed by atoms with Gasteiger partial charge in [0.2, 0.25) is 0 Å². The summed E-state index contributed by atoms with van der Waals surface area (Å²) in [4.78, 5) is 2.33. The van der Waals surface area contributed by atoms with Crippen molar-refractivity contribution in [3.05, 3.63) is 0 Å². The van der Waals surface area contributed by atoms with Gasteiger partial charge in [-0.1, -0.05) is 0 Å². The number of nitrogens with zero attached hydrogens (tertiary/aromatic N) is 1. The first kappa shape index (κ1) is 10.2. The van der Waals surface area contributed by atoms with Crippen LogP contribution < -0.4 is 5.73 Å². The highest BCUT2D eigenvalue weighted by molar-refractivity contribution is 7.84. The zero-order valence-corrected chi connectivity index (χ0v) is 8.64. The van der Waals surface area contributed by atoms with Gasteiger partial charge >= 0.3 is 0 Å². The summed E-state index contributed by atoms with van der Waals surface area (Å²) in [5.41, 5.74) is 5.78. The van der Waals surface area contributed by atoms with Gasteiger partial charge in [-0.05, 0) is 13.3 Å². The van der Waals surface area contributed by atoms with Crippen LogP contribution in [-0.2, 0) is 10.8 Å². The highest BCUT2D eigenvalue weighted by atomic mass is 32.2. The normalized spacial score (nSPS) is 30.4. The van der Waals surface area contributed by atoms with Crippen LogP contribution in [0.2, 0.25) is 0 Å². The topological polar surface area (TPSA) is 46.3 Å². The smallest absolute Gasteiger partial charge is 0.0385 e. The largest absolute Gasteiger partial charge is 0.326 e. The van der Waals surface area contributed by atoms with E-state index in [0.717, 1.165) is 25.3 Å². The molecule has 0 saturated carbocycles. The Morgan fingerprint density at radius 3 is 2.83 bits per heavy atom. The predicted octanol–water partition coefficient (Wildman–Crippen LogP) is -0.214. The summed E-state index contributed by atoms with van der Waals surface area (Å²) in [5.74, 6) is 0.771. The van der Waals surface area contributed by atoms with Crippen LogP contribution in [0.5, 0.6) is 0 Å². The maximum absolute atomic E-state index is 10.9. The molecule has 0 spiro atoms. The molecule has 0 aromatic heterocycles. The van der Waals surface area contributed by atoms with Crippen molar-refractivity contribution < 1.29 is 4.21 Å². The van der Waals surface area contributed by atoms with Crippen LogP contribution in [-0.4, -0.2) is 46.3 Å². The zero-order chi connectivity index (χ0) is 9.14. The standard InChI is InChI=1S/C8H18N2OS/c1-7(6-12(2)11)10-4-3-8(9)5-10/h7-8H,3-6,9H2,1-2H3. The lowest BCUT2D eigenvalue weighted by Crippen LogP contribution is -2.36. The second-order valence-electron chi connectivity index (χ2n) is 3.63. The van der Waals surface area contributed by atoms with Gasteiger partial charge in [0.25, 0.3) is 0 Å². The molecule has 3 atom stereocenters. The van der Waals surface area contributed by atoms with Crippen molar-refractivity contribution in [1.82, 2.24) is 4.90 Å². The van der Waals surface area contributed by atoms with Gasteiger partial charge in [0, 0.05) is 48.0 Å². The Kier molecular flexibility index (Phi) is 3.68. The maximum Gasteiger partial charge on any atom is 0.0385 e. The Morgan fingerprint density at radius 1 is 1.75 bits per heavy atom. The molecule has 4 heteroatoms. The molecule has 0 bridgehead atoms. The Morgan fingerprint density at radius 2 is 2.42 bits per heavy atom. The minimum Gasteiger partial charge on any atom is -0.326 e. The van der Waals surface area contributed by atoms with Crippen LogP contribution in [0.1, 0.15) is 13.3 Å². The molecule has 1 rings (SSSR count). The lowest BCUT2D eigenvalue weighted by Gasteiger charge is -2.22. The summed E-state index contributed by atoms with van der Waals surface area (Å²) in [7, 11) is -0.685. The summed E-state index contributed by atoms with van der Waals surface area (Å²) in [6.07, 6.45) is 2.84. The molecular weight excluding hydrogens is 172 g/mol. The molecular formula is C8H18N2OS. The van der Waals surface area contributed by atoms with E-state index in [1.54, 1.807) is 6.26 Å². The van der Waals surface area contributed by atoms with E-state index in [0.29, 0.717) is 12.1 Å². The zero-order valence-electron chi connectivity index (χ0n) is 7.82. The molecule has 1 aliphatic rings. The van der Waals surface area contributed by atoms with Crippen LogP contribution in [0.4, 0.5) is 0 Å². The van der Waals surface area contributed by atoms with E-state index in [4.69, 9.17) is 5.73 Å². The third-order valence-corrected chi connectivity index (χ3v) is 3.31. The van der Waals surface area contributed by atoms with Gasteiger partial charge in [-0.25, -0.2) is 0 Å². The second kappa shape index (κ2) is 4.35. The molecule has 0 aromatic carbocycles. The Bertz CT molecular complexity index is 174. The Hall–Kier alpha value is 0.0700. The Balaban J connectivity index is 2.32. The molecule has 3 unspecified atom stereocenters. The van der Waals surface area contributed by atoms with Gasteiger partial charge < -0.3 is 5.73 Å². The minimum atomic E-state index is -0.685. The molecule has 12 heavy (non-hydrogen) atoms. The molecule has 2 N–H and O–H groups in total. The average molecular weight is 190 g/mol. The van der Waals surface area contributed by atoms with Crippen LogP contribution in [0.3, 0.4) is 0 Å². The maximum atomic E-state index is 10.9. The number of rotatable bonds is 3. The quantitative estimate of drug-likeness (QED) is 0.669. The van der Waals surface area contributed by atoms with Crippen molar-refractivity contribution in [3.63, 3.8) is 0 Å². The van der Waals surface area contributed by atoms with E-state index >= 15 is 0 Å². The van der Waals surface area contributed by atoms with E-state index in [-0.39, 0.29) is 0 Å². The van der Waals surface area contributed by atoms with E-state index in [9.17, 15) is 4.21 Å². The van der Waals surface area contributed by atoms with Gasteiger partial charge in [-0.15, -0.1) is 0 Å². The Labute approximate surface area is 76.8 Å². The summed E-state index contributed by atoms with van der Waals surface area (Å²) in [5, 5.41) is 0. The molecule has 0 aliphatic carbocycles. The summed E-state index contributed by atoms with van der Waals surface area (Å²) >= 11 is 0. The number of hydrogen-bond acceptors (Lipinski definition) is 3. The van der Waals surface area contributed by atoms with Crippen molar-refractivity contribution in [1.29, 1.82) is 0 Å². The molecule has 1 saturated heterocycles. The summed E-state index contributed by atoms with van der Waals surface area (Å²) in [6, 6.07) is 0.752. The summed E-state index contributed by atoms with van der Waals surface area (Å²) in [6.45, 7) is 4.16. The fourth-order valence-corrected chi connectivity index (χ4v) is 2.55. The van der Waals surface area contributed by atoms with Gasteiger partial charge in [0.1, 0.15) is 0 Å². The van der Waals surface area contributed by atoms with Crippen molar-refractivity contribution in [3.8, 4) is 0 Å².